The molecule has 0 radical (unpaired) electrons. The lowest BCUT2D eigenvalue weighted by Crippen LogP contribution is -2.18. The Kier molecular flexibility index (Phi) is 5.50. The number of aryl methyl sites for hydroxylation is 2. The molecule has 1 aliphatic carbocycles. The predicted molar refractivity (Wildman–Crippen MR) is 130 cm³/mol. The zero-order valence-electron chi connectivity index (χ0n) is 18.8. The van der Waals surface area contributed by atoms with E-state index < -0.39 is 5.97 Å². The van der Waals surface area contributed by atoms with Crippen molar-refractivity contribution in [1.29, 1.82) is 0 Å². The van der Waals surface area contributed by atoms with Gasteiger partial charge in [-0.05, 0) is 52.9 Å². The van der Waals surface area contributed by atoms with Crippen LogP contribution in [0.3, 0.4) is 0 Å². The van der Waals surface area contributed by atoms with E-state index in [4.69, 9.17) is 4.74 Å². The van der Waals surface area contributed by atoms with E-state index in [-0.39, 0.29) is 12.5 Å². The molecule has 0 fully saturated rings. The van der Waals surface area contributed by atoms with Crippen LogP contribution in [-0.4, -0.2) is 34.0 Å². The molecule has 0 amide bonds. The third kappa shape index (κ3) is 4.16. The highest BCUT2D eigenvalue weighted by atomic mass is 16.5. The fourth-order valence-corrected chi connectivity index (χ4v) is 4.71. The van der Waals surface area contributed by atoms with Gasteiger partial charge in [0, 0.05) is 44.3 Å². The van der Waals surface area contributed by atoms with E-state index in [1.807, 2.05) is 31.0 Å². The van der Waals surface area contributed by atoms with E-state index in [1.54, 1.807) is 0 Å². The number of rotatable bonds is 7. The number of anilines is 1. The van der Waals surface area contributed by atoms with Crippen LogP contribution < -0.4 is 10.1 Å². The number of aromatic nitrogens is 2. The number of hydrogen-bond acceptors (Lipinski definition) is 4. The van der Waals surface area contributed by atoms with Crippen LogP contribution in [0, 0.1) is 0 Å². The molecule has 6 nitrogen and oxygen atoms in total. The average Bonchev–Trinajstić information content (AvgIpc) is 3.40. The Labute approximate surface area is 192 Å². The van der Waals surface area contributed by atoms with Crippen LogP contribution in [-0.2, 0) is 31.1 Å². The molecule has 0 saturated heterocycles. The topological polar surface area (TPSA) is 76.4 Å². The molecule has 6 heteroatoms. The smallest absolute Gasteiger partial charge is 0.303 e. The third-order valence-electron chi connectivity index (χ3n) is 6.40. The molecule has 0 unspecified atom stereocenters. The summed E-state index contributed by atoms with van der Waals surface area (Å²) in [6.07, 6.45) is 4.21. The van der Waals surface area contributed by atoms with Crippen LogP contribution in [0.4, 0.5) is 5.69 Å². The summed E-state index contributed by atoms with van der Waals surface area (Å²) in [5.41, 5.74) is 7.55. The molecule has 5 rings (SSSR count). The summed E-state index contributed by atoms with van der Waals surface area (Å²) in [5.74, 6) is 0.000931. The number of benzene rings is 3. The van der Waals surface area contributed by atoms with Crippen LogP contribution in [0.25, 0.3) is 22.0 Å². The van der Waals surface area contributed by atoms with Crippen molar-refractivity contribution in [2.45, 2.75) is 31.8 Å². The highest BCUT2D eigenvalue weighted by Gasteiger charge is 2.25. The van der Waals surface area contributed by atoms with Crippen molar-refractivity contribution in [1.82, 2.24) is 9.78 Å². The number of aliphatic carboxylic acids is 1. The minimum atomic E-state index is -0.802. The van der Waals surface area contributed by atoms with Gasteiger partial charge in [0.25, 0.3) is 0 Å². The van der Waals surface area contributed by atoms with Crippen molar-refractivity contribution in [2.75, 3.05) is 12.4 Å². The molecule has 0 bridgehead atoms. The lowest BCUT2D eigenvalue weighted by Gasteiger charge is -2.21. The van der Waals surface area contributed by atoms with E-state index in [9.17, 15) is 9.90 Å². The minimum Gasteiger partial charge on any atom is -0.487 e. The van der Waals surface area contributed by atoms with E-state index in [2.05, 4.69) is 58.9 Å². The van der Waals surface area contributed by atoms with Crippen LogP contribution in [0.2, 0.25) is 0 Å². The molecular weight excluding hydrogens is 414 g/mol. The van der Waals surface area contributed by atoms with Gasteiger partial charge in [0.2, 0.25) is 0 Å². The number of ether oxygens (including phenoxy) is 1. The summed E-state index contributed by atoms with van der Waals surface area (Å²) in [6.45, 7) is 0. The van der Waals surface area contributed by atoms with Gasteiger partial charge in [-0.25, -0.2) is 0 Å². The van der Waals surface area contributed by atoms with Gasteiger partial charge in [0.15, 0.2) is 5.75 Å². The highest BCUT2D eigenvalue weighted by molar-refractivity contribution is 5.88. The number of hydrogen-bond donors (Lipinski definition) is 2. The van der Waals surface area contributed by atoms with E-state index in [0.717, 1.165) is 51.9 Å². The van der Waals surface area contributed by atoms with Crippen LogP contribution >= 0.6 is 0 Å². The largest absolute Gasteiger partial charge is 0.487 e. The van der Waals surface area contributed by atoms with Gasteiger partial charge in [-0.1, -0.05) is 30.3 Å². The van der Waals surface area contributed by atoms with Crippen molar-refractivity contribution in [2.24, 2.45) is 7.05 Å². The van der Waals surface area contributed by atoms with E-state index in [1.165, 1.54) is 11.1 Å². The maximum absolute atomic E-state index is 11.2. The highest BCUT2D eigenvalue weighted by Crippen LogP contribution is 2.41. The van der Waals surface area contributed by atoms with Gasteiger partial charge in [0.1, 0.15) is 6.10 Å². The second-order valence-corrected chi connectivity index (χ2v) is 8.62. The number of carboxylic acid groups (broad SMARTS) is 1. The first-order chi connectivity index (χ1) is 16.0. The number of nitrogens with one attached hydrogen (secondary N) is 1. The second kappa shape index (κ2) is 8.62. The molecule has 2 N–H and O–H groups in total. The lowest BCUT2D eigenvalue weighted by atomic mass is 9.97. The summed E-state index contributed by atoms with van der Waals surface area (Å²) < 4.78 is 8.52. The second-order valence-electron chi connectivity index (χ2n) is 8.62. The Morgan fingerprint density at radius 3 is 2.61 bits per heavy atom. The van der Waals surface area contributed by atoms with Crippen molar-refractivity contribution in [3.05, 3.63) is 77.5 Å². The van der Waals surface area contributed by atoms with Gasteiger partial charge in [-0.3, -0.25) is 9.48 Å². The molecule has 0 spiro atoms. The van der Waals surface area contributed by atoms with Gasteiger partial charge >= 0.3 is 5.97 Å². The van der Waals surface area contributed by atoms with Gasteiger partial charge in [0.05, 0.1) is 17.4 Å². The van der Waals surface area contributed by atoms with Crippen molar-refractivity contribution >= 4 is 22.6 Å². The molecule has 1 aliphatic rings. The number of carbonyl (C=O) groups is 1. The average molecular weight is 442 g/mol. The minimum absolute atomic E-state index is 0.0558. The SMILES string of the molecule is CNc1cc(CCC(=O)O)cc(-c2ccc3c(cnn3C)c2)c1OC1Cc2ccccc2C1. The third-order valence-corrected chi connectivity index (χ3v) is 6.40. The first kappa shape index (κ1) is 21.1. The lowest BCUT2D eigenvalue weighted by molar-refractivity contribution is -0.136. The van der Waals surface area contributed by atoms with Crippen molar-refractivity contribution in [3.63, 3.8) is 0 Å². The van der Waals surface area contributed by atoms with Crippen molar-refractivity contribution < 1.29 is 14.6 Å². The predicted octanol–water partition coefficient (Wildman–Crippen LogP) is 4.85. The quantitative estimate of drug-likeness (QED) is 0.429. The van der Waals surface area contributed by atoms with Crippen LogP contribution in [0.1, 0.15) is 23.1 Å². The summed E-state index contributed by atoms with van der Waals surface area (Å²) in [7, 11) is 3.81. The summed E-state index contributed by atoms with van der Waals surface area (Å²) in [4.78, 5) is 11.2. The monoisotopic (exact) mass is 441 g/mol. The maximum atomic E-state index is 11.2. The summed E-state index contributed by atoms with van der Waals surface area (Å²) >= 11 is 0. The van der Waals surface area contributed by atoms with Crippen LogP contribution in [0.15, 0.2) is 60.8 Å². The zero-order chi connectivity index (χ0) is 22.9. The number of nitrogens with zero attached hydrogens (tertiary/aromatic N) is 2. The molecule has 4 aromatic rings. The Morgan fingerprint density at radius 2 is 1.91 bits per heavy atom. The Morgan fingerprint density at radius 1 is 1.15 bits per heavy atom. The molecule has 0 saturated carbocycles. The van der Waals surface area contributed by atoms with Crippen LogP contribution in [0.5, 0.6) is 5.75 Å². The number of fused-ring (bicyclic) bond motifs is 2. The molecule has 1 aromatic heterocycles. The van der Waals surface area contributed by atoms with E-state index >= 15 is 0 Å². The maximum Gasteiger partial charge on any atom is 0.303 e. The molecule has 0 aliphatic heterocycles. The standard InChI is InChI=1S/C27H27N3O3/c1-28-24-12-17(7-10-26(31)32)11-23(20-8-9-25-21(13-20)16-29-30(25)2)27(24)33-22-14-18-5-3-4-6-19(18)15-22/h3-6,8-9,11-13,16,22,28H,7,10,14-15H2,1-2H3,(H,31,32). The molecular formula is C27H27N3O3. The first-order valence-electron chi connectivity index (χ1n) is 11.2. The van der Waals surface area contributed by atoms with Gasteiger partial charge < -0.3 is 15.2 Å². The molecule has 1 heterocycles. The molecule has 3 aromatic carbocycles. The Bertz CT molecular complexity index is 1320. The number of carboxylic acids is 1. The molecule has 168 valence electrons. The molecule has 0 atom stereocenters. The van der Waals surface area contributed by atoms with Crippen molar-refractivity contribution in [3.8, 4) is 16.9 Å². The Balaban J connectivity index is 1.57. The zero-order valence-corrected chi connectivity index (χ0v) is 18.8. The van der Waals surface area contributed by atoms with E-state index in [0.29, 0.717) is 6.42 Å². The summed E-state index contributed by atoms with van der Waals surface area (Å²) in [5, 5.41) is 17.9. The first-order valence-corrected chi connectivity index (χ1v) is 11.2. The fraction of sp³-hybridized carbons (Fsp3) is 0.259. The van der Waals surface area contributed by atoms with Gasteiger partial charge in [-0.15, -0.1) is 0 Å². The van der Waals surface area contributed by atoms with Gasteiger partial charge in [-0.2, -0.15) is 5.10 Å². The fourth-order valence-electron chi connectivity index (χ4n) is 4.71. The molecule has 33 heavy (non-hydrogen) atoms. The summed E-state index contributed by atoms with van der Waals surface area (Å²) in [6, 6.07) is 18.8. The normalized spacial score (nSPS) is 13.3. The Hall–Kier alpha value is -3.80.